The van der Waals surface area contributed by atoms with Crippen molar-refractivity contribution in [1.29, 1.82) is 0 Å². The Hall–Kier alpha value is -2.97. The number of sulfonamides is 1. The summed E-state index contributed by atoms with van der Waals surface area (Å²) < 4.78 is 26.1. The molecule has 160 valence electrons. The van der Waals surface area contributed by atoms with Gasteiger partial charge in [0.25, 0.3) is 5.91 Å². The third-order valence-electron chi connectivity index (χ3n) is 5.27. The second-order valence-corrected chi connectivity index (χ2v) is 10.3. The molecule has 31 heavy (non-hydrogen) atoms. The summed E-state index contributed by atoms with van der Waals surface area (Å²) in [5, 5.41) is 8.16. The largest absolute Gasteiger partial charge is 0.284 e. The highest BCUT2D eigenvalue weighted by Gasteiger charge is 2.34. The van der Waals surface area contributed by atoms with Crippen LogP contribution in [0.15, 0.2) is 71.1 Å². The molecule has 0 saturated carbocycles. The van der Waals surface area contributed by atoms with Crippen LogP contribution in [-0.2, 0) is 10.0 Å². The smallest absolute Gasteiger partial charge is 0.284 e. The number of nitrogens with zero attached hydrogens (tertiary/aromatic N) is 2. The summed E-state index contributed by atoms with van der Waals surface area (Å²) in [5.41, 5.74) is 4.34. The van der Waals surface area contributed by atoms with Gasteiger partial charge in [0.1, 0.15) is 0 Å². The molecule has 1 atom stereocenters. The number of benzene rings is 2. The normalized spacial score (nSPS) is 16.3. The molecule has 0 saturated heterocycles. The minimum absolute atomic E-state index is 0.0133. The van der Waals surface area contributed by atoms with Crippen molar-refractivity contribution in [3.63, 3.8) is 0 Å². The van der Waals surface area contributed by atoms with Gasteiger partial charge in [-0.3, -0.25) is 9.52 Å². The van der Waals surface area contributed by atoms with E-state index in [0.29, 0.717) is 17.0 Å². The van der Waals surface area contributed by atoms with Crippen molar-refractivity contribution >= 4 is 38.7 Å². The van der Waals surface area contributed by atoms with E-state index in [1.165, 1.54) is 11.3 Å². The van der Waals surface area contributed by atoms with Crippen LogP contribution < -0.4 is 4.72 Å². The molecular weight excluding hydrogens is 430 g/mol. The van der Waals surface area contributed by atoms with E-state index in [4.69, 9.17) is 5.10 Å². The van der Waals surface area contributed by atoms with Gasteiger partial charge in [0.2, 0.25) is 10.0 Å². The number of carbonyl (C=O) groups excluding carboxylic acids is 1. The van der Waals surface area contributed by atoms with Crippen LogP contribution in [0.4, 0.5) is 5.69 Å². The Morgan fingerprint density at radius 1 is 1.13 bits per heavy atom. The standard InChI is InChI=1S/C23H23N3O3S2/c1-3-31(28,29)25-18-12-10-17(11-13-18)20-15-21(19-8-5-4-7-16(19)2)26(24-20)23(27)22-9-6-14-30-22/h4-14,21,25H,3,15H2,1-2H3. The van der Waals surface area contributed by atoms with Crippen LogP contribution in [0.3, 0.4) is 0 Å². The van der Waals surface area contributed by atoms with Gasteiger partial charge in [-0.15, -0.1) is 11.3 Å². The average Bonchev–Trinajstić information content (AvgIpc) is 3.45. The number of amides is 1. The molecule has 0 radical (unpaired) electrons. The van der Waals surface area contributed by atoms with E-state index in [1.54, 1.807) is 24.1 Å². The minimum Gasteiger partial charge on any atom is -0.284 e. The highest BCUT2D eigenvalue weighted by molar-refractivity contribution is 7.92. The number of hydrogen-bond donors (Lipinski definition) is 1. The van der Waals surface area contributed by atoms with Crippen molar-refractivity contribution in [2.45, 2.75) is 26.3 Å². The summed E-state index contributed by atoms with van der Waals surface area (Å²) in [4.78, 5) is 13.8. The summed E-state index contributed by atoms with van der Waals surface area (Å²) >= 11 is 1.40. The Bertz CT molecular complexity index is 1220. The van der Waals surface area contributed by atoms with E-state index in [9.17, 15) is 13.2 Å². The summed E-state index contributed by atoms with van der Waals surface area (Å²) in [6.45, 7) is 3.63. The number of hydrogen-bond acceptors (Lipinski definition) is 5. The molecule has 0 bridgehead atoms. The molecule has 1 amide bonds. The van der Waals surface area contributed by atoms with Gasteiger partial charge in [0, 0.05) is 12.1 Å². The van der Waals surface area contributed by atoms with Crippen molar-refractivity contribution in [3.8, 4) is 0 Å². The zero-order valence-electron chi connectivity index (χ0n) is 17.3. The molecule has 1 aromatic heterocycles. The molecule has 6 nitrogen and oxygen atoms in total. The second kappa shape index (κ2) is 8.64. The van der Waals surface area contributed by atoms with Crippen LogP contribution in [0.25, 0.3) is 0 Å². The quantitative estimate of drug-likeness (QED) is 0.582. The molecule has 4 rings (SSSR count). The van der Waals surface area contributed by atoms with E-state index in [-0.39, 0.29) is 17.7 Å². The number of nitrogens with one attached hydrogen (secondary N) is 1. The van der Waals surface area contributed by atoms with E-state index in [1.807, 2.05) is 60.8 Å². The maximum Gasteiger partial charge on any atom is 0.284 e. The van der Waals surface area contributed by atoms with Gasteiger partial charge in [-0.1, -0.05) is 42.5 Å². The lowest BCUT2D eigenvalue weighted by Gasteiger charge is -2.23. The summed E-state index contributed by atoms with van der Waals surface area (Å²) in [7, 11) is -3.33. The van der Waals surface area contributed by atoms with Crippen molar-refractivity contribution < 1.29 is 13.2 Å². The van der Waals surface area contributed by atoms with Gasteiger partial charge >= 0.3 is 0 Å². The van der Waals surface area contributed by atoms with E-state index < -0.39 is 10.0 Å². The number of rotatable bonds is 6. The molecule has 1 unspecified atom stereocenters. The average molecular weight is 454 g/mol. The molecule has 1 N–H and O–H groups in total. The van der Waals surface area contributed by atoms with Crippen LogP contribution in [0.1, 0.15) is 45.7 Å². The van der Waals surface area contributed by atoms with Gasteiger partial charge < -0.3 is 0 Å². The fourth-order valence-corrected chi connectivity index (χ4v) is 4.87. The molecule has 3 aromatic rings. The second-order valence-electron chi connectivity index (χ2n) is 7.33. The number of thiophene rings is 1. The lowest BCUT2D eigenvalue weighted by molar-refractivity contribution is 0.0716. The topological polar surface area (TPSA) is 78.8 Å². The lowest BCUT2D eigenvalue weighted by atomic mass is 9.95. The Labute approximate surface area is 186 Å². The maximum absolute atomic E-state index is 13.2. The van der Waals surface area contributed by atoms with Gasteiger partial charge in [-0.25, -0.2) is 13.4 Å². The van der Waals surface area contributed by atoms with E-state index in [2.05, 4.69) is 4.72 Å². The van der Waals surface area contributed by atoms with Gasteiger partial charge in [0.15, 0.2) is 0 Å². The Kier molecular flexibility index (Phi) is 5.93. The first-order chi connectivity index (χ1) is 14.9. The van der Waals surface area contributed by atoms with Crippen LogP contribution >= 0.6 is 11.3 Å². The van der Waals surface area contributed by atoms with Crippen molar-refractivity contribution in [2.24, 2.45) is 5.10 Å². The number of carbonyl (C=O) groups is 1. The van der Waals surface area contributed by atoms with Crippen LogP contribution in [0.2, 0.25) is 0 Å². The van der Waals surface area contributed by atoms with Crippen molar-refractivity contribution in [1.82, 2.24) is 5.01 Å². The molecule has 8 heteroatoms. The first-order valence-electron chi connectivity index (χ1n) is 9.99. The SMILES string of the molecule is CCS(=O)(=O)Nc1ccc(C2=NN(C(=O)c3cccs3)C(c3ccccc3C)C2)cc1. The fourth-order valence-electron chi connectivity index (χ4n) is 3.57. The first-order valence-corrected chi connectivity index (χ1v) is 12.5. The van der Waals surface area contributed by atoms with Crippen molar-refractivity contribution in [3.05, 3.63) is 87.6 Å². The predicted octanol–water partition coefficient (Wildman–Crippen LogP) is 4.81. The van der Waals surface area contributed by atoms with Crippen molar-refractivity contribution in [2.75, 3.05) is 10.5 Å². The molecule has 2 heterocycles. The number of aryl methyl sites for hydroxylation is 1. The Balaban J connectivity index is 1.66. The van der Waals surface area contributed by atoms with E-state index in [0.717, 1.165) is 22.4 Å². The monoisotopic (exact) mass is 453 g/mol. The van der Waals surface area contributed by atoms with Gasteiger partial charge in [-0.05, 0) is 54.1 Å². The lowest BCUT2D eigenvalue weighted by Crippen LogP contribution is -2.26. The van der Waals surface area contributed by atoms with Gasteiger partial charge in [-0.2, -0.15) is 5.10 Å². The Morgan fingerprint density at radius 2 is 1.87 bits per heavy atom. The molecule has 0 spiro atoms. The van der Waals surface area contributed by atoms with E-state index >= 15 is 0 Å². The number of anilines is 1. The van der Waals surface area contributed by atoms with Gasteiger partial charge in [0.05, 0.1) is 22.4 Å². The zero-order chi connectivity index (χ0) is 22.0. The number of hydrazone groups is 1. The first kappa shape index (κ1) is 21.3. The third-order valence-corrected chi connectivity index (χ3v) is 7.43. The molecular formula is C23H23N3O3S2. The zero-order valence-corrected chi connectivity index (χ0v) is 18.9. The summed E-state index contributed by atoms with van der Waals surface area (Å²) in [6.07, 6.45) is 0.585. The molecule has 2 aromatic carbocycles. The molecule has 0 fully saturated rings. The Morgan fingerprint density at radius 3 is 2.52 bits per heavy atom. The highest BCUT2D eigenvalue weighted by Crippen LogP contribution is 2.36. The van der Waals surface area contributed by atoms with Crippen LogP contribution in [0, 0.1) is 6.92 Å². The fraction of sp³-hybridized carbons (Fsp3) is 0.217. The van der Waals surface area contributed by atoms with Crippen LogP contribution in [-0.4, -0.2) is 30.8 Å². The summed E-state index contributed by atoms with van der Waals surface area (Å²) in [6, 6.07) is 18.6. The third kappa shape index (κ3) is 4.55. The minimum atomic E-state index is -3.33. The molecule has 0 aliphatic carbocycles. The summed E-state index contributed by atoms with van der Waals surface area (Å²) in [5.74, 6) is -0.107. The molecule has 1 aliphatic rings. The highest BCUT2D eigenvalue weighted by atomic mass is 32.2. The van der Waals surface area contributed by atoms with Crippen LogP contribution in [0.5, 0.6) is 0 Å². The predicted molar refractivity (Wildman–Crippen MR) is 125 cm³/mol. The molecule has 1 aliphatic heterocycles. The maximum atomic E-state index is 13.2.